The number of carbonyl (C=O) groups is 2. The van der Waals surface area contributed by atoms with Crippen molar-refractivity contribution in [3.8, 4) is 0 Å². The Morgan fingerprint density at radius 3 is 2.67 bits per heavy atom. The van der Waals surface area contributed by atoms with Crippen LogP contribution in [0.3, 0.4) is 0 Å². The number of carbonyl (C=O) groups excluding carboxylic acids is 1. The molecule has 0 aromatic heterocycles. The Bertz CT molecular complexity index is 263. The minimum absolute atomic E-state index is 0.136. The molecular formula is C11H17NO3. The van der Waals surface area contributed by atoms with E-state index in [4.69, 9.17) is 5.11 Å². The second-order valence-corrected chi connectivity index (χ2v) is 3.90. The zero-order valence-electron chi connectivity index (χ0n) is 8.74. The molecule has 1 amide bonds. The highest BCUT2D eigenvalue weighted by Gasteiger charge is 2.31. The summed E-state index contributed by atoms with van der Waals surface area (Å²) in [4.78, 5) is 22.2. The number of nitrogens with one attached hydrogen (secondary N) is 1. The van der Waals surface area contributed by atoms with Gasteiger partial charge in [-0.3, -0.25) is 9.59 Å². The number of aliphatic carboxylic acids is 1. The third-order valence-electron chi connectivity index (χ3n) is 2.76. The first-order valence-electron chi connectivity index (χ1n) is 5.28. The van der Waals surface area contributed by atoms with Gasteiger partial charge in [-0.1, -0.05) is 18.9 Å². The first kappa shape index (κ1) is 11.8. The van der Waals surface area contributed by atoms with Crippen LogP contribution in [0.15, 0.2) is 12.7 Å². The van der Waals surface area contributed by atoms with Gasteiger partial charge in [0.25, 0.3) is 0 Å². The van der Waals surface area contributed by atoms with E-state index >= 15 is 0 Å². The van der Waals surface area contributed by atoms with E-state index < -0.39 is 11.9 Å². The first-order chi connectivity index (χ1) is 7.15. The van der Waals surface area contributed by atoms with E-state index in [0.717, 1.165) is 19.3 Å². The van der Waals surface area contributed by atoms with Gasteiger partial charge >= 0.3 is 5.97 Å². The third kappa shape index (κ3) is 3.38. The molecular weight excluding hydrogens is 194 g/mol. The van der Waals surface area contributed by atoms with Gasteiger partial charge in [-0.05, 0) is 12.8 Å². The normalized spacial score (nSPS) is 25.6. The van der Waals surface area contributed by atoms with Gasteiger partial charge in [0, 0.05) is 12.5 Å². The van der Waals surface area contributed by atoms with Crippen molar-refractivity contribution < 1.29 is 14.7 Å². The van der Waals surface area contributed by atoms with E-state index in [-0.39, 0.29) is 18.4 Å². The van der Waals surface area contributed by atoms with E-state index in [1.807, 2.05) is 0 Å². The van der Waals surface area contributed by atoms with Crippen LogP contribution in [-0.4, -0.2) is 23.0 Å². The molecule has 0 aromatic rings. The number of hydrogen-bond donors (Lipinski definition) is 2. The lowest BCUT2D eigenvalue weighted by Crippen LogP contribution is -2.44. The minimum Gasteiger partial charge on any atom is -0.481 e. The molecule has 2 atom stereocenters. The second-order valence-electron chi connectivity index (χ2n) is 3.90. The monoisotopic (exact) mass is 211 g/mol. The largest absolute Gasteiger partial charge is 0.481 e. The van der Waals surface area contributed by atoms with Crippen LogP contribution in [-0.2, 0) is 9.59 Å². The topological polar surface area (TPSA) is 66.4 Å². The fourth-order valence-corrected chi connectivity index (χ4v) is 2.00. The van der Waals surface area contributed by atoms with E-state index in [2.05, 4.69) is 11.9 Å². The zero-order valence-corrected chi connectivity index (χ0v) is 8.74. The number of hydrogen-bond acceptors (Lipinski definition) is 2. The van der Waals surface area contributed by atoms with Gasteiger partial charge in [-0.2, -0.15) is 0 Å². The van der Waals surface area contributed by atoms with Crippen LogP contribution in [0, 0.1) is 5.92 Å². The Morgan fingerprint density at radius 2 is 2.07 bits per heavy atom. The summed E-state index contributed by atoms with van der Waals surface area (Å²) in [5.41, 5.74) is 0. The maximum Gasteiger partial charge on any atom is 0.308 e. The van der Waals surface area contributed by atoms with E-state index in [0.29, 0.717) is 6.42 Å². The van der Waals surface area contributed by atoms with Crippen LogP contribution in [0.4, 0.5) is 0 Å². The summed E-state index contributed by atoms with van der Waals surface area (Å²) in [5, 5.41) is 11.7. The Hall–Kier alpha value is -1.32. The molecule has 0 radical (unpaired) electrons. The summed E-state index contributed by atoms with van der Waals surface area (Å²) < 4.78 is 0. The summed E-state index contributed by atoms with van der Waals surface area (Å²) in [6, 6.07) is -0.205. The highest BCUT2D eigenvalue weighted by Crippen LogP contribution is 2.24. The fraction of sp³-hybridized carbons (Fsp3) is 0.636. The maximum atomic E-state index is 11.3. The molecule has 84 valence electrons. The Labute approximate surface area is 89.4 Å². The molecule has 15 heavy (non-hydrogen) atoms. The Morgan fingerprint density at radius 1 is 1.40 bits per heavy atom. The van der Waals surface area contributed by atoms with Crippen molar-refractivity contribution >= 4 is 11.9 Å². The van der Waals surface area contributed by atoms with Crippen molar-refractivity contribution in [2.45, 2.75) is 38.1 Å². The zero-order chi connectivity index (χ0) is 11.3. The molecule has 1 fully saturated rings. The van der Waals surface area contributed by atoms with Gasteiger partial charge in [0.1, 0.15) is 0 Å². The van der Waals surface area contributed by atoms with E-state index in [1.165, 1.54) is 6.08 Å². The predicted octanol–water partition coefficient (Wildman–Crippen LogP) is 1.32. The summed E-state index contributed by atoms with van der Waals surface area (Å²) in [5.74, 6) is -1.37. The van der Waals surface area contributed by atoms with Crippen molar-refractivity contribution in [3.05, 3.63) is 12.7 Å². The molecule has 0 heterocycles. The molecule has 1 aliphatic rings. The average Bonchev–Trinajstić information content (AvgIpc) is 2.18. The van der Waals surface area contributed by atoms with Gasteiger partial charge in [0.05, 0.1) is 5.92 Å². The van der Waals surface area contributed by atoms with Crippen molar-refractivity contribution in [2.24, 2.45) is 5.92 Å². The number of carboxylic acids is 1. The molecule has 0 aliphatic heterocycles. The number of rotatable bonds is 4. The predicted molar refractivity (Wildman–Crippen MR) is 56.3 cm³/mol. The summed E-state index contributed by atoms with van der Waals surface area (Å²) in [6.45, 7) is 3.47. The first-order valence-corrected chi connectivity index (χ1v) is 5.28. The molecule has 4 nitrogen and oxygen atoms in total. The third-order valence-corrected chi connectivity index (χ3v) is 2.76. The average molecular weight is 211 g/mol. The molecule has 1 saturated carbocycles. The summed E-state index contributed by atoms with van der Waals surface area (Å²) >= 11 is 0. The van der Waals surface area contributed by atoms with Crippen molar-refractivity contribution in [2.75, 3.05) is 0 Å². The number of carboxylic acid groups (broad SMARTS) is 1. The number of amides is 1. The molecule has 1 rings (SSSR count). The maximum absolute atomic E-state index is 11.3. The van der Waals surface area contributed by atoms with E-state index in [9.17, 15) is 9.59 Å². The van der Waals surface area contributed by atoms with E-state index in [1.54, 1.807) is 0 Å². The van der Waals surface area contributed by atoms with Crippen LogP contribution in [0.2, 0.25) is 0 Å². The highest BCUT2D eigenvalue weighted by molar-refractivity contribution is 5.79. The van der Waals surface area contributed by atoms with Crippen LogP contribution < -0.4 is 5.32 Å². The lowest BCUT2D eigenvalue weighted by atomic mass is 9.84. The van der Waals surface area contributed by atoms with Gasteiger partial charge in [-0.25, -0.2) is 0 Å². The fourth-order valence-electron chi connectivity index (χ4n) is 2.00. The lowest BCUT2D eigenvalue weighted by Gasteiger charge is -2.29. The molecule has 4 heteroatoms. The molecule has 0 saturated heterocycles. The van der Waals surface area contributed by atoms with Crippen LogP contribution >= 0.6 is 0 Å². The SMILES string of the molecule is C=CCC(=O)NC1CCCCC1C(=O)O. The Kier molecular flexibility index (Phi) is 4.34. The summed E-state index contributed by atoms with van der Waals surface area (Å²) in [6.07, 6.45) is 5.12. The second kappa shape index (κ2) is 5.53. The minimum atomic E-state index is -0.807. The van der Waals surface area contributed by atoms with Crippen LogP contribution in [0.25, 0.3) is 0 Å². The standard InChI is InChI=1S/C11H17NO3/c1-2-5-10(13)12-9-7-4-3-6-8(9)11(14)15/h2,8-9H,1,3-7H2,(H,12,13)(H,14,15). The molecule has 0 aromatic carbocycles. The van der Waals surface area contributed by atoms with Crippen molar-refractivity contribution in [3.63, 3.8) is 0 Å². The highest BCUT2D eigenvalue weighted by atomic mass is 16.4. The van der Waals surface area contributed by atoms with Crippen molar-refractivity contribution in [1.82, 2.24) is 5.32 Å². The molecule has 0 bridgehead atoms. The van der Waals surface area contributed by atoms with Gasteiger partial charge in [0.15, 0.2) is 0 Å². The van der Waals surface area contributed by atoms with Crippen LogP contribution in [0.5, 0.6) is 0 Å². The van der Waals surface area contributed by atoms with Gasteiger partial charge in [-0.15, -0.1) is 6.58 Å². The van der Waals surface area contributed by atoms with Crippen molar-refractivity contribution in [1.29, 1.82) is 0 Å². The molecule has 2 unspecified atom stereocenters. The Balaban J connectivity index is 2.52. The summed E-state index contributed by atoms with van der Waals surface area (Å²) in [7, 11) is 0. The van der Waals surface area contributed by atoms with Crippen LogP contribution in [0.1, 0.15) is 32.1 Å². The molecule has 2 N–H and O–H groups in total. The van der Waals surface area contributed by atoms with Gasteiger partial charge < -0.3 is 10.4 Å². The quantitative estimate of drug-likeness (QED) is 0.689. The smallest absolute Gasteiger partial charge is 0.308 e. The molecule has 1 aliphatic carbocycles. The van der Waals surface area contributed by atoms with Gasteiger partial charge in [0.2, 0.25) is 5.91 Å². The molecule has 0 spiro atoms. The lowest BCUT2D eigenvalue weighted by molar-refractivity contribution is -0.144.